The van der Waals surface area contributed by atoms with E-state index in [0.717, 1.165) is 12.6 Å². The first-order chi connectivity index (χ1) is 10.3. The number of allylic oxidation sites excluding steroid dienone is 1. The van der Waals surface area contributed by atoms with Crippen molar-refractivity contribution >= 4 is 5.91 Å². The molecule has 1 aliphatic heterocycles. The van der Waals surface area contributed by atoms with Crippen LogP contribution in [-0.4, -0.2) is 32.9 Å². The van der Waals surface area contributed by atoms with Gasteiger partial charge in [-0.3, -0.25) is 15.2 Å². The van der Waals surface area contributed by atoms with Crippen LogP contribution in [0.5, 0.6) is 0 Å². The van der Waals surface area contributed by atoms with E-state index < -0.39 is 17.8 Å². The van der Waals surface area contributed by atoms with Crippen molar-refractivity contribution in [2.24, 2.45) is 0 Å². The highest BCUT2D eigenvalue weighted by Gasteiger charge is 2.61. The van der Waals surface area contributed by atoms with Gasteiger partial charge in [0.25, 0.3) is 11.6 Å². The SMILES string of the molecule is CCCCC1=C[C@@](O)(C(F)(F)F)N(C(=O)c2cccnc2)N1. The molecular weight excluding hydrogens is 299 g/mol. The van der Waals surface area contributed by atoms with Crippen LogP contribution in [0, 0.1) is 0 Å². The monoisotopic (exact) mass is 315 g/mol. The number of alkyl halides is 3. The molecule has 120 valence electrons. The maximum absolute atomic E-state index is 13.2. The van der Waals surface area contributed by atoms with Crippen LogP contribution in [0.3, 0.4) is 0 Å². The first-order valence-electron chi connectivity index (χ1n) is 6.81. The Balaban J connectivity index is 2.32. The molecule has 0 fully saturated rings. The zero-order valence-corrected chi connectivity index (χ0v) is 11.9. The average molecular weight is 315 g/mol. The van der Waals surface area contributed by atoms with Crippen molar-refractivity contribution in [3.63, 3.8) is 0 Å². The highest BCUT2D eigenvalue weighted by atomic mass is 19.4. The number of amides is 1. The average Bonchev–Trinajstić information content (AvgIpc) is 2.83. The van der Waals surface area contributed by atoms with Crippen LogP contribution in [0.2, 0.25) is 0 Å². The molecule has 0 saturated carbocycles. The van der Waals surface area contributed by atoms with Crippen molar-refractivity contribution in [3.8, 4) is 0 Å². The Labute approximate surface area is 125 Å². The minimum Gasteiger partial charge on any atom is -0.359 e. The predicted octanol–water partition coefficient (Wildman–Crippen LogP) is 2.37. The van der Waals surface area contributed by atoms with E-state index in [2.05, 4.69) is 10.4 Å². The molecule has 1 aromatic rings. The topological polar surface area (TPSA) is 65.5 Å². The Hall–Kier alpha value is -2.09. The lowest BCUT2D eigenvalue weighted by atomic mass is 10.1. The normalized spacial score (nSPS) is 21.5. The van der Waals surface area contributed by atoms with E-state index >= 15 is 0 Å². The Morgan fingerprint density at radius 2 is 2.23 bits per heavy atom. The van der Waals surface area contributed by atoms with Crippen molar-refractivity contribution in [1.82, 2.24) is 15.4 Å². The molecule has 0 saturated heterocycles. The molecule has 5 nitrogen and oxygen atoms in total. The smallest absolute Gasteiger partial charge is 0.359 e. The van der Waals surface area contributed by atoms with Crippen LogP contribution in [0.15, 0.2) is 36.3 Å². The number of aromatic nitrogens is 1. The molecule has 22 heavy (non-hydrogen) atoms. The molecular formula is C14H16F3N3O2. The first kappa shape index (κ1) is 16.3. The standard InChI is InChI=1S/C14H16F3N3O2/c1-2-3-6-11-8-13(22,14(15,16)17)20(19-11)12(21)10-5-4-7-18-9-10/h4-5,7-9,19,22H,2-3,6H2,1H3/t13-/m1/s1. The fourth-order valence-electron chi connectivity index (χ4n) is 2.10. The Bertz CT molecular complexity index is 574. The second kappa shape index (κ2) is 5.96. The largest absolute Gasteiger partial charge is 0.442 e. The number of halogens is 3. The number of unbranched alkanes of at least 4 members (excludes halogenated alkanes) is 1. The van der Waals surface area contributed by atoms with Gasteiger partial charge in [-0.2, -0.15) is 13.2 Å². The number of hydrogen-bond acceptors (Lipinski definition) is 4. The number of carbonyl (C=O) groups is 1. The maximum Gasteiger partial charge on any atom is 0.442 e. The number of pyridine rings is 1. The highest BCUT2D eigenvalue weighted by molar-refractivity contribution is 5.94. The summed E-state index contributed by atoms with van der Waals surface area (Å²) in [4.78, 5) is 16.0. The van der Waals surface area contributed by atoms with Gasteiger partial charge in [0, 0.05) is 18.1 Å². The van der Waals surface area contributed by atoms with E-state index in [-0.39, 0.29) is 16.3 Å². The zero-order chi connectivity index (χ0) is 16.4. The molecule has 0 radical (unpaired) electrons. The van der Waals surface area contributed by atoms with Crippen molar-refractivity contribution in [2.75, 3.05) is 0 Å². The van der Waals surface area contributed by atoms with Crippen molar-refractivity contribution in [2.45, 2.75) is 38.1 Å². The van der Waals surface area contributed by atoms with E-state index in [9.17, 15) is 23.1 Å². The van der Waals surface area contributed by atoms with Gasteiger partial charge in [0.15, 0.2) is 0 Å². The van der Waals surface area contributed by atoms with Crippen LogP contribution in [0.1, 0.15) is 36.5 Å². The number of hydrazine groups is 1. The second-order valence-electron chi connectivity index (χ2n) is 4.99. The number of carbonyl (C=O) groups excluding carboxylic acids is 1. The summed E-state index contributed by atoms with van der Waals surface area (Å²) in [6.07, 6.45) is -0.101. The fraction of sp³-hybridized carbons (Fsp3) is 0.429. The van der Waals surface area contributed by atoms with E-state index in [0.29, 0.717) is 18.9 Å². The molecule has 8 heteroatoms. The van der Waals surface area contributed by atoms with Gasteiger partial charge in [-0.15, -0.1) is 0 Å². The molecule has 1 aliphatic rings. The Kier molecular flexibility index (Phi) is 4.41. The molecule has 2 heterocycles. The van der Waals surface area contributed by atoms with Crippen molar-refractivity contribution < 1.29 is 23.1 Å². The summed E-state index contributed by atoms with van der Waals surface area (Å²) in [7, 11) is 0. The van der Waals surface area contributed by atoms with Gasteiger partial charge >= 0.3 is 6.18 Å². The maximum atomic E-state index is 13.2. The molecule has 1 aromatic heterocycles. The highest BCUT2D eigenvalue weighted by Crippen LogP contribution is 2.39. The van der Waals surface area contributed by atoms with Crippen LogP contribution in [0.25, 0.3) is 0 Å². The summed E-state index contributed by atoms with van der Waals surface area (Å²) in [5.41, 5.74) is -0.891. The second-order valence-corrected chi connectivity index (χ2v) is 4.99. The number of rotatable bonds is 4. The third-order valence-corrected chi connectivity index (χ3v) is 3.30. The van der Waals surface area contributed by atoms with Crippen molar-refractivity contribution in [1.29, 1.82) is 0 Å². The number of aliphatic hydroxyl groups is 1. The summed E-state index contributed by atoms with van der Waals surface area (Å²) in [5.74, 6) is -1.00. The summed E-state index contributed by atoms with van der Waals surface area (Å²) in [6.45, 7) is 1.89. The molecule has 2 N–H and O–H groups in total. The van der Waals surface area contributed by atoms with Crippen LogP contribution < -0.4 is 5.43 Å². The minimum absolute atomic E-state index is 0.0529. The fourth-order valence-corrected chi connectivity index (χ4v) is 2.10. The number of hydrogen-bond donors (Lipinski definition) is 2. The first-order valence-corrected chi connectivity index (χ1v) is 6.81. The molecule has 2 rings (SSSR count). The Morgan fingerprint density at radius 1 is 1.50 bits per heavy atom. The van der Waals surface area contributed by atoms with E-state index in [1.807, 2.05) is 6.92 Å². The third kappa shape index (κ3) is 2.92. The van der Waals surface area contributed by atoms with Crippen molar-refractivity contribution in [3.05, 3.63) is 41.9 Å². The summed E-state index contributed by atoms with van der Waals surface area (Å²) >= 11 is 0. The quantitative estimate of drug-likeness (QED) is 0.895. The van der Waals surface area contributed by atoms with Crippen LogP contribution >= 0.6 is 0 Å². The molecule has 1 amide bonds. The lowest BCUT2D eigenvalue weighted by Gasteiger charge is -2.33. The van der Waals surface area contributed by atoms with Gasteiger partial charge in [0.05, 0.1) is 5.56 Å². The van der Waals surface area contributed by atoms with Gasteiger partial charge in [0.2, 0.25) is 0 Å². The predicted molar refractivity (Wildman–Crippen MR) is 72.2 cm³/mol. The molecule has 1 atom stereocenters. The summed E-state index contributed by atoms with van der Waals surface area (Å²) < 4.78 is 39.7. The van der Waals surface area contributed by atoms with Crippen LogP contribution in [0.4, 0.5) is 13.2 Å². The molecule has 0 aromatic carbocycles. The van der Waals surface area contributed by atoms with E-state index in [4.69, 9.17) is 0 Å². The van der Waals surface area contributed by atoms with E-state index in [1.165, 1.54) is 18.3 Å². The minimum atomic E-state index is -5.02. The van der Waals surface area contributed by atoms with E-state index in [1.54, 1.807) is 0 Å². The van der Waals surface area contributed by atoms with Gasteiger partial charge in [-0.05, 0) is 31.1 Å². The van der Waals surface area contributed by atoms with Gasteiger partial charge in [-0.25, -0.2) is 5.01 Å². The van der Waals surface area contributed by atoms with Gasteiger partial charge in [-0.1, -0.05) is 13.3 Å². The van der Waals surface area contributed by atoms with Gasteiger partial charge < -0.3 is 5.11 Å². The number of nitrogens with zero attached hydrogens (tertiary/aromatic N) is 2. The molecule has 0 unspecified atom stereocenters. The molecule has 0 bridgehead atoms. The number of nitrogens with one attached hydrogen (secondary N) is 1. The van der Waals surface area contributed by atoms with Gasteiger partial charge in [0.1, 0.15) is 0 Å². The lowest BCUT2D eigenvalue weighted by Crippen LogP contribution is -2.60. The van der Waals surface area contributed by atoms with Crippen LogP contribution in [-0.2, 0) is 0 Å². The zero-order valence-electron chi connectivity index (χ0n) is 11.9. The molecule has 0 spiro atoms. The summed E-state index contributed by atoms with van der Waals surface area (Å²) in [5, 5.41) is 10.2. The molecule has 0 aliphatic carbocycles. The lowest BCUT2D eigenvalue weighted by molar-refractivity contribution is -0.283. The summed E-state index contributed by atoms with van der Waals surface area (Å²) in [6, 6.07) is 2.76. The Morgan fingerprint density at radius 3 is 2.77 bits per heavy atom. The third-order valence-electron chi connectivity index (χ3n) is 3.30.